The normalized spacial score (nSPS) is 13.9. The number of para-hydroxylation sites is 1. The van der Waals surface area contributed by atoms with Crippen LogP contribution in [0.3, 0.4) is 0 Å². The number of piperazine rings is 3. The zero-order valence-corrected chi connectivity index (χ0v) is 58.7. The van der Waals surface area contributed by atoms with Gasteiger partial charge in [-0.05, 0) is 125 Å². The molecule has 10 aromatic rings. The molecule has 0 atom stereocenters. The van der Waals surface area contributed by atoms with Gasteiger partial charge in [0.05, 0.1) is 50.2 Å². The van der Waals surface area contributed by atoms with Gasteiger partial charge < -0.3 is 52.5 Å². The van der Waals surface area contributed by atoms with Crippen LogP contribution in [0.2, 0.25) is 20.1 Å². The second-order valence-corrected chi connectivity index (χ2v) is 26.5. The Labute approximate surface area is 597 Å². The van der Waals surface area contributed by atoms with Crippen LogP contribution in [0.25, 0.3) is 32.7 Å². The summed E-state index contributed by atoms with van der Waals surface area (Å²) in [5.41, 5.74) is 7.03. The summed E-state index contributed by atoms with van der Waals surface area (Å²) >= 11 is 24.4. The second kappa shape index (κ2) is 31.2. The van der Waals surface area contributed by atoms with E-state index < -0.39 is 0 Å². The maximum atomic E-state index is 13.6. The standard InChI is InChI=1S/C29H25ClN4O2.C26H26Cl3N5O2.C20H19N5O3/c1-20-7-12-26-24(17-20)27(25(18-31)29(36)34(26)19-21-5-3-2-4-6-21)32-13-15-33(16-14-32)28(35)22-8-10-23(30)11-9-22;1-31(2)8-3-9-34-23-7-5-18(27)15-19(23)24(20(16-30)26(34)36)32-10-12-33(13-11-32)25(35)17-4-6-21(28)22(29)14-17;1-13-11-16(22-28-13)20(27)25-9-7-24(8-10-25)18-14-5-3-4-6-17(14)23(2)19(26)15(18)12-21/h2-12,17H,13-16,19H2,1H3;4-7,14-15H,3,8-13H2,1-2H3;3-6,11H,7-10H2,1-2H3. The third-order valence-corrected chi connectivity index (χ3v) is 19.4. The van der Waals surface area contributed by atoms with E-state index in [1.54, 1.807) is 92.4 Å². The van der Waals surface area contributed by atoms with Crippen LogP contribution in [0, 0.1) is 47.8 Å². The van der Waals surface area contributed by atoms with Gasteiger partial charge in [0.1, 0.15) is 40.7 Å². The molecule has 0 N–H and O–H groups in total. The lowest BCUT2D eigenvalue weighted by molar-refractivity contribution is 0.0731. The van der Waals surface area contributed by atoms with Gasteiger partial charge in [0.2, 0.25) is 0 Å². The van der Waals surface area contributed by atoms with Gasteiger partial charge in [0.15, 0.2) is 5.69 Å². The lowest BCUT2D eigenvalue weighted by atomic mass is 10.0. The molecule has 21 nitrogen and oxygen atoms in total. The molecular formula is C75H70Cl4N14O7. The smallest absolute Gasteiger partial charge is 0.276 e. The van der Waals surface area contributed by atoms with Crippen molar-refractivity contribution in [2.75, 3.05) is 114 Å². The molecule has 13 rings (SSSR count). The molecule has 0 spiro atoms. The number of carbonyl (C=O) groups is 3. The van der Waals surface area contributed by atoms with E-state index in [-0.39, 0.29) is 51.1 Å². The zero-order chi connectivity index (χ0) is 71.1. The van der Waals surface area contributed by atoms with Gasteiger partial charge in [0.25, 0.3) is 34.4 Å². The van der Waals surface area contributed by atoms with E-state index >= 15 is 0 Å². The van der Waals surface area contributed by atoms with Gasteiger partial charge in [0, 0.05) is 136 Å². The first-order chi connectivity index (χ1) is 48.2. The van der Waals surface area contributed by atoms with Crippen LogP contribution in [0.15, 0.2) is 158 Å². The number of halogens is 4. The Morgan fingerprint density at radius 1 is 0.500 bits per heavy atom. The van der Waals surface area contributed by atoms with Crippen LogP contribution in [-0.4, -0.2) is 155 Å². The van der Waals surface area contributed by atoms with E-state index in [2.05, 4.69) is 33.2 Å². The average molecular weight is 1420 g/mol. The number of carbonyl (C=O) groups excluding carboxylic acids is 3. The third kappa shape index (κ3) is 15.1. The Balaban J connectivity index is 0.000000153. The predicted molar refractivity (Wildman–Crippen MR) is 392 cm³/mol. The molecule has 0 radical (unpaired) electrons. The number of fused-ring (bicyclic) bond motifs is 3. The van der Waals surface area contributed by atoms with Crippen molar-refractivity contribution >= 4 is 114 Å². The lowest BCUT2D eigenvalue weighted by Gasteiger charge is -2.37. The Hall–Kier alpha value is -10.4. The van der Waals surface area contributed by atoms with Crippen molar-refractivity contribution in [3.05, 3.63) is 241 Å². The molecule has 3 aliphatic rings. The summed E-state index contributed by atoms with van der Waals surface area (Å²) in [6.07, 6.45) is 0.768. The molecule has 3 amide bonds. The lowest BCUT2D eigenvalue weighted by Crippen LogP contribution is -2.49. The van der Waals surface area contributed by atoms with Gasteiger partial charge in [-0.15, -0.1) is 0 Å². The molecule has 0 bridgehead atoms. The minimum absolute atomic E-state index is 0.0502. The maximum absolute atomic E-state index is 13.6. The van der Waals surface area contributed by atoms with E-state index in [1.165, 1.54) is 4.57 Å². The Morgan fingerprint density at radius 2 is 0.990 bits per heavy atom. The fraction of sp³-hybridized carbons (Fsp3) is 0.280. The summed E-state index contributed by atoms with van der Waals surface area (Å²) in [5, 5.41) is 37.9. The largest absolute Gasteiger partial charge is 0.366 e. The SMILES string of the molecule is CN(C)CCCn1c(=O)c(C#N)c(N2CCN(C(=O)c3ccc(Cl)c(Cl)c3)CC2)c2cc(Cl)ccc21.Cc1cc(C(=O)N2CCN(c3c(C#N)c(=O)n(C)c4ccccc34)CC2)no1.Cc1ccc2c(c1)c(N1CCN(C(=O)c3ccc(Cl)cc3)CC1)c(C#N)c(=O)n2Cc1ccccc1. The molecule has 3 fully saturated rings. The van der Waals surface area contributed by atoms with Gasteiger partial charge in [-0.2, -0.15) is 15.8 Å². The van der Waals surface area contributed by atoms with Crippen molar-refractivity contribution in [3.8, 4) is 18.2 Å². The van der Waals surface area contributed by atoms with Crippen molar-refractivity contribution in [1.82, 2.24) is 38.5 Å². The van der Waals surface area contributed by atoms with Gasteiger partial charge in [-0.25, -0.2) is 0 Å². The molecule has 0 unspecified atom stereocenters. The number of aromatic nitrogens is 4. The topological polar surface area (TPSA) is 237 Å². The fourth-order valence-electron chi connectivity index (χ4n) is 13.0. The monoisotopic (exact) mass is 1420 g/mol. The number of nitrogens with zero attached hydrogens (tertiary/aromatic N) is 14. The highest BCUT2D eigenvalue weighted by Gasteiger charge is 2.32. The van der Waals surface area contributed by atoms with Gasteiger partial charge in [-0.1, -0.05) is 112 Å². The number of rotatable bonds is 12. The first kappa shape index (κ1) is 70.9. The highest BCUT2D eigenvalue weighted by Crippen LogP contribution is 2.35. The van der Waals surface area contributed by atoms with Gasteiger partial charge in [-0.3, -0.25) is 28.8 Å². The molecule has 25 heteroatoms. The van der Waals surface area contributed by atoms with Gasteiger partial charge >= 0.3 is 0 Å². The highest BCUT2D eigenvalue weighted by atomic mass is 35.5. The minimum Gasteiger partial charge on any atom is -0.366 e. The molecule has 510 valence electrons. The van der Waals surface area contributed by atoms with Crippen molar-refractivity contribution < 1.29 is 18.9 Å². The zero-order valence-electron chi connectivity index (χ0n) is 55.7. The van der Waals surface area contributed by atoms with E-state index in [0.29, 0.717) is 151 Å². The molecule has 4 aromatic heterocycles. The van der Waals surface area contributed by atoms with Crippen LogP contribution in [-0.2, 0) is 20.1 Å². The summed E-state index contributed by atoms with van der Waals surface area (Å²) in [5.74, 6) is 0.224. The number of hydrogen-bond acceptors (Lipinski definition) is 15. The number of amides is 3. The summed E-state index contributed by atoms with van der Waals surface area (Å²) in [4.78, 5) is 91.6. The third-order valence-electron chi connectivity index (χ3n) is 18.1. The summed E-state index contributed by atoms with van der Waals surface area (Å²) in [6.45, 7) is 11.3. The molecule has 3 saturated heterocycles. The van der Waals surface area contributed by atoms with Crippen LogP contribution < -0.4 is 31.4 Å². The van der Waals surface area contributed by atoms with Crippen LogP contribution in [0.5, 0.6) is 0 Å². The molecule has 0 saturated carbocycles. The minimum atomic E-state index is -0.312. The molecule has 0 aliphatic carbocycles. The highest BCUT2D eigenvalue weighted by molar-refractivity contribution is 6.42. The van der Waals surface area contributed by atoms with Crippen molar-refractivity contribution in [1.29, 1.82) is 15.8 Å². The first-order valence-corrected chi connectivity index (χ1v) is 34.0. The number of aryl methyl sites for hydroxylation is 4. The maximum Gasteiger partial charge on any atom is 0.276 e. The molecular weight excluding hydrogens is 1350 g/mol. The number of benzene rings is 6. The first-order valence-electron chi connectivity index (χ1n) is 32.5. The Morgan fingerprint density at radius 3 is 1.55 bits per heavy atom. The number of nitriles is 3. The number of anilines is 3. The molecule has 6 aromatic carbocycles. The average Bonchev–Trinajstić information content (AvgIpc) is 0.834. The van der Waals surface area contributed by atoms with Crippen molar-refractivity contribution in [2.45, 2.75) is 33.4 Å². The summed E-state index contributed by atoms with van der Waals surface area (Å²) in [7, 11) is 5.64. The van der Waals surface area contributed by atoms with Crippen molar-refractivity contribution in [2.24, 2.45) is 7.05 Å². The van der Waals surface area contributed by atoms with E-state index in [1.807, 2.05) is 116 Å². The quantitative estimate of drug-likeness (QED) is 0.111. The molecule has 7 heterocycles. The predicted octanol–water partition coefficient (Wildman–Crippen LogP) is 11.3. The van der Waals surface area contributed by atoms with E-state index in [0.717, 1.165) is 56.8 Å². The second-order valence-electron chi connectivity index (χ2n) is 24.9. The summed E-state index contributed by atoms with van der Waals surface area (Å²) < 4.78 is 9.85. The molecule has 3 aliphatic heterocycles. The molecule has 100 heavy (non-hydrogen) atoms. The Bertz CT molecular complexity index is 5110. The Kier molecular flexibility index (Phi) is 22.1. The summed E-state index contributed by atoms with van der Waals surface area (Å²) in [6, 6.07) is 48.5. The van der Waals surface area contributed by atoms with Crippen LogP contribution >= 0.6 is 46.4 Å². The number of hydrogen-bond donors (Lipinski definition) is 0. The van der Waals surface area contributed by atoms with E-state index in [9.17, 15) is 44.6 Å². The van der Waals surface area contributed by atoms with Crippen molar-refractivity contribution in [3.63, 3.8) is 0 Å². The van der Waals surface area contributed by atoms with E-state index in [4.69, 9.17) is 50.9 Å². The fourth-order valence-corrected chi connectivity index (χ4v) is 13.6. The van der Waals surface area contributed by atoms with Crippen LogP contribution in [0.1, 0.15) is 71.2 Å². The van der Waals surface area contributed by atoms with Crippen LogP contribution in [0.4, 0.5) is 17.1 Å². The number of pyridine rings is 3.